The maximum Gasteiger partial charge on any atom is 0.205 e. The smallest absolute Gasteiger partial charge is 0.205 e. The van der Waals surface area contributed by atoms with Gasteiger partial charge in [0.1, 0.15) is 5.82 Å². The third-order valence-electron chi connectivity index (χ3n) is 3.63. The largest absolute Gasteiger partial charge is 0.344 e. The lowest BCUT2D eigenvalue weighted by atomic mass is 10.1. The summed E-state index contributed by atoms with van der Waals surface area (Å²) < 4.78 is 4.36. The highest BCUT2D eigenvalue weighted by Gasteiger charge is 2.28. The Hall–Kier alpha value is -0.720. The Kier molecular flexibility index (Phi) is 3.26. The summed E-state index contributed by atoms with van der Waals surface area (Å²) in [6, 6.07) is 0.776. The molecule has 2 aliphatic rings. The molecule has 1 N–H and O–H groups in total. The van der Waals surface area contributed by atoms with Crippen molar-refractivity contribution < 1.29 is 0 Å². The predicted octanol–water partition coefficient (Wildman–Crippen LogP) is 0.194. The van der Waals surface area contributed by atoms with Gasteiger partial charge in [0, 0.05) is 63.3 Å². The fourth-order valence-corrected chi connectivity index (χ4v) is 3.13. The molecule has 0 aliphatic carbocycles. The standard InChI is InChI=1S/C11H19N5S/c1-2-10-13-11(17-14-10)16-5-3-15(4-6-16)9-7-12-8-9/h9,12H,2-8H2,1H3. The molecule has 3 rings (SSSR count). The van der Waals surface area contributed by atoms with Crippen LogP contribution in [0.1, 0.15) is 12.7 Å². The molecule has 2 saturated heterocycles. The lowest BCUT2D eigenvalue weighted by molar-refractivity contribution is 0.138. The topological polar surface area (TPSA) is 44.3 Å². The second-order valence-corrected chi connectivity index (χ2v) is 5.41. The lowest BCUT2D eigenvalue weighted by Crippen LogP contribution is -2.61. The zero-order valence-electron chi connectivity index (χ0n) is 10.2. The van der Waals surface area contributed by atoms with E-state index < -0.39 is 0 Å². The molecule has 0 radical (unpaired) electrons. The third-order valence-corrected chi connectivity index (χ3v) is 4.45. The second kappa shape index (κ2) is 4.88. The fraction of sp³-hybridized carbons (Fsp3) is 0.818. The summed E-state index contributed by atoms with van der Waals surface area (Å²) in [5, 5.41) is 4.44. The molecule has 0 spiro atoms. The van der Waals surface area contributed by atoms with Crippen LogP contribution in [0.2, 0.25) is 0 Å². The number of rotatable bonds is 3. The zero-order chi connectivity index (χ0) is 11.7. The van der Waals surface area contributed by atoms with Gasteiger partial charge >= 0.3 is 0 Å². The van der Waals surface area contributed by atoms with Crippen LogP contribution in [0.4, 0.5) is 5.13 Å². The van der Waals surface area contributed by atoms with Crippen molar-refractivity contribution in [1.82, 2.24) is 19.6 Å². The number of hydrogen-bond donors (Lipinski definition) is 1. The normalized spacial score (nSPS) is 22.8. The van der Waals surface area contributed by atoms with E-state index >= 15 is 0 Å². The molecule has 0 amide bonds. The Morgan fingerprint density at radius 2 is 2.06 bits per heavy atom. The van der Waals surface area contributed by atoms with Crippen molar-refractivity contribution in [2.45, 2.75) is 19.4 Å². The van der Waals surface area contributed by atoms with Gasteiger partial charge in [-0.15, -0.1) is 0 Å². The highest BCUT2D eigenvalue weighted by atomic mass is 32.1. The monoisotopic (exact) mass is 253 g/mol. The first-order valence-electron chi connectivity index (χ1n) is 6.39. The molecule has 2 fully saturated rings. The first-order valence-corrected chi connectivity index (χ1v) is 7.16. The van der Waals surface area contributed by atoms with Crippen LogP contribution in [0.25, 0.3) is 0 Å². The molecular formula is C11H19N5S. The number of anilines is 1. The van der Waals surface area contributed by atoms with Crippen LogP contribution in [0.5, 0.6) is 0 Å². The van der Waals surface area contributed by atoms with Gasteiger partial charge in [0.15, 0.2) is 0 Å². The molecular weight excluding hydrogens is 234 g/mol. The van der Waals surface area contributed by atoms with E-state index in [-0.39, 0.29) is 0 Å². The SMILES string of the molecule is CCc1nsc(N2CCN(C3CNC3)CC2)n1. The summed E-state index contributed by atoms with van der Waals surface area (Å²) >= 11 is 1.54. The molecule has 94 valence electrons. The Morgan fingerprint density at radius 1 is 1.29 bits per heavy atom. The molecule has 1 aromatic rings. The van der Waals surface area contributed by atoms with Gasteiger partial charge in [-0.1, -0.05) is 6.92 Å². The predicted molar refractivity (Wildman–Crippen MR) is 69.7 cm³/mol. The maximum absolute atomic E-state index is 4.56. The summed E-state index contributed by atoms with van der Waals surface area (Å²) in [6.07, 6.45) is 0.935. The van der Waals surface area contributed by atoms with Gasteiger partial charge in [-0.05, 0) is 0 Å². The van der Waals surface area contributed by atoms with Crippen LogP contribution in [-0.4, -0.2) is 59.6 Å². The van der Waals surface area contributed by atoms with E-state index in [1.165, 1.54) is 13.1 Å². The summed E-state index contributed by atoms with van der Waals surface area (Å²) in [4.78, 5) is 9.53. The van der Waals surface area contributed by atoms with E-state index in [9.17, 15) is 0 Å². The van der Waals surface area contributed by atoms with Crippen LogP contribution in [0.15, 0.2) is 0 Å². The quantitative estimate of drug-likeness (QED) is 0.833. The van der Waals surface area contributed by atoms with Crippen LogP contribution >= 0.6 is 11.5 Å². The van der Waals surface area contributed by atoms with Crippen molar-refractivity contribution >= 4 is 16.7 Å². The highest BCUT2D eigenvalue weighted by molar-refractivity contribution is 7.09. The average molecular weight is 253 g/mol. The van der Waals surface area contributed by atoms with Crippen molar-refractivity contribution in [2.24, 2.45) is 0 Å². The van der Waals surface area contributed by atoms with Gasteiger partial charge < -0.3 is 10.2 Å². The third kappa shape index (κ3) is 2.29. The molecule has 17 heavy (non-hydrogen) atoms. The highest BCUT2D eigenvalue weighted by Crippen LogP contribution is 2.20. The Balaban J connectivity index is 1.56. The van der Waals surface area contributed by atoms with Gasteiger partial charge in [0.25, 0.3) is 0 Å². The molecule has 2 aliphatic heterocycles. The first-order chi connectivity index (χ1) is 8.36. The van der Waals surface area contributed by atoms with E-state index in [1.54, 1.807) is 11.5 Å². The summed E-state index contributed by atoms with van der Waals surface area (Å²) in [5.41, 5.74) is 0. The van der Waals surface area contributed by atoms with E-state index in [4.69, 9.17) is 0 Å². The number of aromatic nitrogens is 2. The molecule has 0 bridgehead atoms. The van der Waals surface area contributed by atoms with Gasteiger partial charge in [-0.25, -0.2) is 4.98 Å². The fourth-order valence-electron chi connectivity index (χ4n) is 2.33. The second-order valence-electron chi connectivity index (χ2n) is 4.68. The van der Waals surface area contributed by atoms with Crippen LogP contribution in [0.3, 0.4) is 0 Å². The Labute approximate surface area is 106 Å². The minimum absolute atomic E-state index is 0.776. The molecule has 5 nitrogen and oxygen atoms in total. The Morgan fingerprint density at radius 3 is 2.59 bits per heavy atom. The van der Waals surface area contributed by atoms with Gasteiger partial charge in [-0.2, -0.15) is 4.37 Å². The molecule has 6 heteroatoms. The van der Waals surface area contributed by atoms with Crippen LogP contribution < -0.4 is 10.2 Å². The summed E-state index contributed by atoms with van der Waals surface area (Å²) in [5.74, 6) is 0.982. The summed E-state index contributed by atoms with van der Waals surface area (Å²) in [7, 11) is 0. The zero-order valence-corrected chi connectivity index (χ0v) is 11.0. The van der Waals surface area contributed by atoms with Crippen LogP contribution in [-0.2, 0) is 6.42 Å². The van der Waals surface area contributed by atoms with E-state index in [0.29, 0.717) is 0 Å². The molecule has 1 aromatic heterocycles. The minimum atomic E-state index is 0.776. The molecule has 0 atom stereocenters. The number of hydrogen-bond acceptors (Lipinski definition) is 6. The van der Waals surface area contributed by atoms with Gasteiger partial charge in [-0.3, -0.25) is 4.90 Å². The number of aryl methyl sites for hydroxylation is 1. The molecule has 0 saturated carbocycles. The minimum Gasteiger partial charge on any atom is -0.344 e. The number of nitrogens with zero attached hydrogens (tertiary/aromatic N) is 4. The van der Waals surface area contributed by atoms with E-state index in [0.717, 1.165) is 49.6 Å². The van der Waals surface area contributed by atoms with Crippen LogP contribution in [0, 0.1) is 0 Å². The van der Waals surface area contributed by atoms with Gasteiger partial charge in [0.05, 0.1) is 0 Å². The molecule has 3 heterocycles. The van der Waals surface area contributed by atoms with Crippen molar-refractivity contribution in [3.05, 3.63) is 5.82 Å². The first kappa shape index (κ1) is 11.4. The van der Waals surface area contributed by atoms with E-state index in [2.05, 4.69) is 31.4 Å². The van der Waals surface area contributed by atoms with Gasteiger partial charge in [0.2, 0.25) is 5.13 Å². The summed E-state index contributed by atoms with van der Waals surface area (Å²) in [6.45, 7) is 8.94. The van der Waals surface area contributed by atoms with Crippen molar-refractivity contribution in [3.63, 3.8) is 0 Å². The Bertz CT molecular complexity index is 368. The average Bonchev–Trinajstić information content (AvgIpc) is 2.76. The number of piperazine rings is 1. The lowest BCUT2D eigenvalue weighted by Gasteiger charge is -2.43. The maximum atomic E-state index is 4.56. The van der Waals surface area contributed by atoms with Crippen molar-refractivity contribution in [3.8, 4) is 0 Å². The van der Waals surface area contributed by atoms with Crippen molar-refractivity contribution in [1.29, 1.82) is 0 Å². The molecule has 0 aromatic carbocycles. The van der Waals surface area contributed by atoms with E-state index in [1.807, 2.05) is 0 Å². The van der Waals surface area contributed by atoms with Crippen molar-refractivity contribution in [2.75, 3.05) is 44.2 Å². The molecule has 0 unspecified atom stereocenters. The number of nitrogens with one attached hydrogen (secondary N) is 1.